The standard InChI is InChI=1S/C12H11BrN2O2/c13-7-2-1-6(10(14)3-7)5-15-11(16)8-4-9(8)12(15)17/h1-3,8-9H,4-5,14H2. The summed E-state index contributed by atoms with van der Waals surface area (Å²) in [6.45, 7) is 0.295. The van der Waals surface area contributed by atoms with E-state index in [1.54, 1.807) is 6.07 Å². The number of halogens is 1. The minimum absolute atomic E-state index is 0.0395. The van der Waals surface area contributed by atoms with Gasteiger partial charge in [0.05, 0.1) is 18.4 Å². The van der Waals surface area contributed by atoms with E-state index in [2.05, 4.69) is 15.9 Å². The number of nitrogen functional groups attached to an aromatic ring is 1. The number of likely N-dealkylation sites (tertiary alicyclic amines) is 1. The number of hydrogen-bond donors (Lipinski definition) is 1. The van der Waals surface area contributed by atoms with Gasteiger partial charge in [0.15, 0.2) is 0 Å². The highest BCUT2D eigenvalue weighted by Crippen LogP contribution is 2.47. The van der Waals surface area contributed by atoms with Crippen molar-refractivity contribution in [2.45, 2.75) is 13.0 Å². The lowest BCUT2D eigenvalue weighted by Gasteiger charge is -2.17. The zero-order valence-electron chi connectivity index (χ0n) is 9.02. The molecule has 1 heterocycles. The number of nitrogens with zero attached hydrogens (tertiary/aromatic N) is 1. The maximum atomic E-state index is 11.8. The fourth-order valence-electron chi connectivity index (χ4n) is 2.29. The van der Waals surface area contributed by atoms with Gasteiger partial charge < -0.3 is 5.73 Å². The number of anilines is 1. The Bertz CT molecular complexity index is 509. The monoisotopic (exact) mass is 294 g/mol. The van der Waals surface area contributed by atoms with Gasteiger partial charge in [-0.1, -0.05) is 22.0 Å². The number of piperidine rings is 1. The maximum absolute atomic E-state index is 11.8. The molecule has 0 bridgehead atoms. The van der Waals surface area contributed by atoms with Crippen LogP contribution < -0.4 is 5.73 Å². The Morgan fingerprint density at radius 1 is 1.29 bits per heavy atom. The van der Waals surface area contributed by atoms with Crippen molar-refractivity contribution in [3.63, 3.8) is 0 Å². The van der Waals surface area contributed by atoms with Crippen molar-refractivity contribution in [2.24, 2.45) is 11.8 Å². The lowest BCUT2D eigenvalue weighted by molar-refractivity contribution is -0.142. The molecule has 1 aromatic rings. The van der Waals surface area contributed by atoms with E-state index in [-0.39, 0.29) is 23.7 Å². The van der Waals surface area contributed by atoms with Gasteiger partial charge in [0.25, 0.3) is 0 Å². The average Bonchev–Trinajstić information content (AvgIpc) is 3.02. The number of benzene rings is 1. The van der Waals surface area contributed by atoms with Gasteiger partial charge in [-0.3, -0.25) is 14.5 Å². The molecule has 2 aliphatic rings. The molecule has 1 saturated carbocycles. The predicted octanol–water partition coefficient (Wildman–Crippen LogP) is 1.54. The van der Waals surface area contributed by atoms with Gasteiger partial charge in [-0.2, -0.15) is 0 Å². The van der Waals surface area contributed by atoms with Crippen molar-refractivity contribution in [3.05, 3.63) is 28.2 Å². The summed E-state index contributed by atoms with van der Waals surface area (Å²) < 4.78 is 0.890. The Hall–Kier alpha value is -1.36. The number of hydrogen-bond acceptors (Lipinski definition) is 3. The highest BCUT2D eigenvalue weighted by atomic mass is 79.9. The fourth-order valence-corrected chi connectivity index (χ4v) is 2.66. The van der Waals surface area contributed by atoms with Gasteiger partial charge in [-0.25, -0.2) is 0 Å². The van der Waals surface area contributed by atoms with Crippen LogP contribution in [0, 0.1) is 11.8 Å². The van der Waals surface area contributed by atoms with Crippen molar-refractivity contribution in [1.82, 2.24) is 4.90 Å². The molecule has 1 aliphatic heterocycles. The molecule has 2 amide bonds. The van der Waals surface area contributed by atoms with Crippen molar-refractivity contribution in [1.29, 1.82) is 0 Å². The van der Waals surface area contributed by atoms with Crippen LogP contribution in [0.4, 0.5) is 5.69 Å². The summed E-state index contributed by atoms with van der Waals surface area (Å²) in [6.07, 6.45) is 0.740. The second-order valence-corrected chi connectivity index (χ2v) is 5.47. The van der Waals surface area contributed by atoms with Crippen LogP contribution in [0.3, 0.4) is 0 Å². The normalized spacial score (nSPS) is 26.3. The number of rotatable bonds is 2. The van der Waals surface area contributed by atoms with Gasteiger partial charge in [0.1, 0.15) is 0 Å². The molecule has 1 aliphatic carbocycles. The number of carbonyl (C=O) groups is 2. The van der Waals surface area contributed by atoms with Crippen LogP contribution in [-0.2, 0) is 16.1 Å². The van der Waals surface area contributed by atoms with Crippen molar-refractivity contribution in [2.75, 3.05) is 5.73 Å². The Balaban J connectivity index is 1.83. The van der Waals surface area contributed by atoms with E-state index >= 15 is 0 Å². The molecule has 88 valence electrons. The van der Waals surface area contributed by atoms with Gasteiger partial charge in [0, 0.05) is 10.2 Å². The second kappa shape index (κ2) is 3.57. The van der Waals surface area contributed by atoms with E-state index in [0.29, 0.717) is 12.2 Å². The fraction of sp³-hybridized carbons (Fsp3) is 0.333. The molecular formula is C12H11BrN2O2. The summed E-state index contributed by atoms with van der Waals surface area (Å²) in [7, 11) is 0. The summed E-state index contributed by atoms with van der Waals surface area (Å²) in [4.78, 5) is 24.9. The SMILES string of the molecule is Nc1cc(Br)ccc1CN1C(=O)C2CC2C1=O. The summed E-state index contributed by atoms with van der Waals surface area (Å²) in [5, 5.41) is 0. The van der Waals surface area contributed by atoms with Crippen molar-refractivity contribution < 1.29 is 9.59 Å². The van der Waals surface area contributed by atoms with E-state index in [4.69, 9.17) is 5.73 Å². The zero-order valence-corrected chi connectivity index (χ0v) is 10.6. The molecule has 0 radical (unpaired) electrons. The molecule has 2 unspecified atom stereocenters. The van der Waals surface area contributed by atoms with E-state index in [0.717, 1.165) is 16.5 Å². The summed E-state index contributed by atoms with van der Waals surface area (Å²) in [5.74, 6) is -0.164. The van der Waals surface area contributed by atoms with Gasteiger partial charge in [0.2, 0.25) is 11.8 Å². The first kappa shape index (κ1) is 10.8. The number of fused-ring (bicyclic) bond motifs is 1. The Morgan fingerprint density at radius 3 is 2.53 bits per heavy atom. The van der Waals surface area contributed by atoms with Crippen LogP contribution in [0.1, 0.15) is 12.0 Å². The van der Waals surface area contributed by atoms with Crippen LogP contribution in [0.15, 0.2) is 22.7 Å². The highest BCUT2D eigenvalue weighted by molar-refractivity contribution is 9.10. The average molecular weight is 295 g/mol. The van der Waals surface area contributed by atoms with Crippen LogP contribution in [0.5, 0.6) is 0 Å². The third kappa shape index (κ3) is 1.65. The topological polar surface area (TPSA) is 63.4 Å². The van der Waals surface area contributed by atoms with Crippen LogP contribution >= 0.6 is 15.9 Å². The van der Waals surface area contributed by atoms with E-state index in [1.807, 2.05) is 12.1 Å². The highest BCUT2D eigenvalue weighted by Gasteiger charge is 2.58. The van der Waals surface area contributed by atoms with E-state index < -0.39 is 0 Å². The first-order chi connectivity index (χ1) is 8.08. The molecule has 2 fully saturated rings. The first-order valence-electron chi connectivity index (χ1n) is 5.47. The quantitative estimate of drug-likeness (QED) is 0.665. The molecule has 5 heteroatoms. The third-order valence-electron chi connectivity index (χ3n) is 3.39. The van der Waals surface area contributed by atoms with Crippen LogP contribution in [0.2, 0.25) is 0 Å². The molecular weight excluding hydrogens is 284 g/mol. The smallest absolute Gasteiger partial charge is 0.233 e. The number of carbonyl (C=O) groups excluding carboxylic acids is 2. The molecule has 1 aromatic carbocycles. The minimum Gasteiger partial charge on any atom is -0.398 e. The first-order valence-corrected chi connectivity index (χ1v) is 6.26. The number of imide groups is 1. The molecule has 0 aromatic heterocycles. The number of nitrogens with two attached hydrogens (primary N) is 1. The third-order valence-corrected chi connectivity index (χ3v) is 3.89. The van der Waals surface area contributed by atoms with Gasteiger partial charge >= 0.3 is 0 Å². The van der Waals surface area contributed by atoms with Crippen molar-refractivity contribution in [3.8, 4) is 0 Å². The lowest BCUT2D eigenvalue weighted by atomic mass is 10.1. The molecule has 17 heavy (non-hydrogen) atoms. The van der Waals surface area contributed by atoms with Gasteiger partial charge in [-0.05, 0) is 24.1 Å². The summed E-state index contributed by atoms with van der Waals surface area (Å²) in [6, 6.07) is 5.47. The Labute approximate surface area is 107 Å². The second-order valence-electron chi connectivity index (χ2n) is 4.55. The van der Waals surface area contributed by atoms with E-state index in [1.165, 1.54) is 4.90 Å². The largest absolute Gasteiger partial charge is 0.398 e. The van der Waals surface area contributed by atoms with Crippen LogP contribution in [0.25, 0.3) is 0 Å². The molecule has 2 N–H and O–H groups in total. The van der Waals surface area contributed by atoms with Crippen molar-refractivity contribution >= 4 is 33.4 Å². The molecule has 4 nitrogen and oxygen atoms in total. The molecule has 2 atom stereocenters. The van der Waals surface area contributed by atoms with Gasteiger partial charge in [-0.15, -0.1) is 0 Å². The maximum Gasteiger partial charge on any atom is 0.233 e. The minimum atomic E-state index is -0.0424. The van der Waals surface area contributed by atoms with E-state index in [9.17, 15) is 9.59 Å². The summed E-state index contributed by atoms with van der Waals surface area (Å²) in [5.41, 5.74) is 7.27. The predicted molar refractivity (Wildman–Crippen MR) is 65.7 cm³/mol. The zero-order chi connectivity index (χ0) is 12.2. The molecule has 1 saturated heterocycles. The molecule has 3 rings (SSSR count). The lowest BCUT2D eigenvalue weighted by Crippen LogP contribution is -2.32. The summed E-state index contributed by atoms with van der Waals surface area (Å²) >= 11 is 3.32. The number of amides is 2. The Kier molecular flexibility index (Phi) is 2.26. The van der Waals surface area contributed by atoms with Crippen LogP contribution in [-0.4, -0.2) is 16.7 Å². The molecule has 0 spiro atoms. The Morgan fingerprint density at radius 2 is 1.94 bits per heavy atom.